The van der Waals surface area contributed by atoms with Crippen molar-refractivity contribution in [3.05, 3.63) is 0 Å². The molecule has 14 heavy (non-hydrogen) atoms. The maximum atomic E-state index is 10.6. The standard InChI is InChI=1S/C11H21NO2/c1-11(2)7-5-4-6-9(11)12(3)8-10(13)14/h9H,4-8H2,1-3H3,(H,13,14). The topological polar surface area (TPSA) is 40.5 Å². The van der Waals surface area contributed by atoms with Gasteiger partial charge < -0.3 is 5.11 Å². The smallest absolute Gasteiger partial charge is 0.317 e. The third kappa shape index (κ3) is 2.71. The van der Waals surface area contributed by atoms with E-state index in [1.54, 1.807) is 0 Å². The van der Waals surface area contributed by atoms with E-state index in [9.17, 15) is 4.79 Å². The van der Waals surface area contributed by atoms with E-state index in [2.05, 4.69) is 13.8 Å². The van der Waals surface area contributed by atoms with Crippen molar-refractivity contribution in [3.8, 4) is 0 Å². The van der Waals surface area contributed by atoms with Crippen LogP contribution in [0.3, 0.4) is 0 Å². The minimum absolute atomic E-state index is 0.161. The number of carbonyl (C=O) groups is 1. The first-order chi connectivity index (χ1) is 6.43. The Kier molecular flexibility index (Phi) is 3.53. The molecule has 0 aromatic carbocycles. The molecule has 0 bridgehead atoms. The first kappa shape index (κ1) is 11.5. The molecule has 3 nitrogen and oxygen atoms in total. The molecule has 0 aliphatic heterocycles. The van der Waals surface area contributed by atoms with E-state index in [-0.39, 0.29) is 12.0 Å². The molecule has 1 aliphatic rings. The number of carboxylic acid groups (broad SMARTS) is 1. The van der Waals surface area contributed by atoms with E-state index in [0.29, 0.717) is 6.04 Å². The lowest BCUT2D eigenvalue weighted by Gasteiger charge is -2.43. The number of hydrogen-bond acceptors (Lipinski definition) is 2. The van der Waals surface area contributed by atoms with Crippen LogP contribution in [0.4, 0.5) is 0 Å². The lowest BCUT2D eigenvalue weighted by atomic mass is 9.72. The Hall–Kier alpha value is -0.570. The van der Waals surface area contributed by atoms with E-state index < -0.39 is 5.97 Å². The third-order valence-corrected chi connectivity index (χ3v) is 3.37. The highest BCUT2D eigenvalue weighted by atomic mass is 16.4. The average molecular weight is 199 g/mol. The molecule has 1 saturated carbocycles. The van der Waals surface area contributed by atoms with Gasteiger partial charge in [0.1, 0.15) is 0 Å². The Morgan fingerprint density at radius 1 is 1.50 bits per heavy atom. The Morgan fingerprint density at radius 3 is 2.64 bits per heavy atom. The molecule has 0 radical (unpaired) electrons. The summed E-state index contributed by atoms with van der Waals surface area (Å²) in [5, 5.41) is 8.74. The van der Waals surface area contributed by atoms with Gasteiger partial charge in [0.05, 0.1) is 6.54 Å². The molecule has 0 aromatic rings. The normalized spacial score (nSPS) is 26.4. The fourth-order valence-electron chi connectivity index (χ4n) is 2.62. The fourth-order valence-corrected chi connectivity index (χ4v) is 2.62. The highest BCUT2D eigenvalue weighted by Crippen LogP contribution is 2.37. The maximum Gasteiger partial charge on any atom is 0.317 e. The summed E-state index contributed by atoms with van der Waals surface area (Å²) in [6.45, 7) is 4.65. The van der Waals surface area contributed by atoms with Crippen molar-refractivity contribution in [2.75, 3.05) is 13.6 Å². The van der Waals surface area contributed by atoms with Crippen LogP contribution >= 0.6 is 0 Å². The van der Waals surface area contributed by atoms with E-state index in [1.807, 2.05) is 11.9 Å². The van der Waals surface area contributed by atoms with Crippen LogP contribution in [0, 0.1) is 5.41 Å². The highest BCUT2D eigenvalue weighted by molar-refractivity contribution is 5.69. The zero-order valence-corrected chi connectivity index (χ0v) is 9.42. The zero-order chi connectivity index (χ0) is 10.8. The molecular formula is C11H21NO2. The van der Waals surface area contributed by atoms with E-state index in [0.717, 1.165) is 6.42 Å². The van der Waals surface area contributed by atoms with Crippen molar-refractivity contribution in [3.63, 3.8) is 0 Å². The molecule has 1 N–H and O–H groups in total. The lowest BCUT2D eigenvalue weighted by molar-refractivity contribution is -0.139. The van der Waals surface area contributed by atoms with Gasteiger partial charge in [0.2, 0.25) is 0 Å². The molecule has 1 aliphatic carbocycles. The number of hydrogen-bond donors (Lipinski definition) is 1. The van der Waals surface area contributed by atoms with Crippen LogP contribution < -0.4 is 0 Å². The van der Waals surface area contributed by atoms with Crippen molar-refractivity contribution in [1.29, 1.82) is 0 Å². The van der Waals surface area contributed by atoms with Gasteiger partial charge >= 0.3 is 5.97 Å². The maximum absolute atomic E-state index is 10.6. The van der Waals surface area contributed by atoms with Gasteiger partial charge in [0.15, 0.2) is 0 Å². The van der Waals surface area contributed by atoms with Crippen LogP contribution in [-0.4, -0.2) is 35.6 Å². The number of rotatable bonds is 3. The van der Waals surface area contributed by atoms with E-state index >= 15 is 0 Å². The summed E-state index contributed by atoms with van der Waals surface area (Å²) in [6, 6.07) is 0.423. The van der Waals surface area contributed by atoms with Gasteiger partial charge in [-0.1, -0.05) is 26.7 Å². The van der Waals surface area contributed by atoms with Crippen LogP contribution in [0.25, 0.3) is 0 Å². The van der Waals surface area contributed by atoms with Gasteiger partial charge in [-0.25, -0.2) is 0 Å². The monoisotopic (exact) mass is 199 g/mol. The van der Waals surface area contributed by atoms with Gasteiger partial charge in [-0.2, -0.15) is 0 Å². The molecule has 0 saturated heterocycles. The van der Waals surface area contributed by atoms with Crippen LogP contribution in [0.15, 0.2) is 0 Å². The summed E-state index contributed by atoms with van der Waals surface area (Å²) < 4.78 is 0. The van der Waals surface area contributed by atoms with Crippen molar-refractivity contribution < 1.29 is 9.90 Å². The van der Waals surface area contributed by atoms with Gasteiger partial charge in [-0.3, -0.25) is 9.69 Å². The van der Waals surface area contributed by atoms with E-state index in [1.165, 1.54) is 19.3 Å². The van der Waals surface area contributed by atoms with Crippen molar-refractivity contribution in [1.82, 2.24) is 4.90 Å². The number of nitrogens with zero attached hydrogens (tertiary/aromatic N) is 1. The van der Waals surface area contributed by atoms with Crippen molar-refractivity contribution in [2.45, 2.75) is 45.6 Å². The minimum Gasteiger partial charge on any atom is -0.480 e. The Balaban J connectivity index is 2.59. The van der Waals surface area contributed by atoms with Crippen LogP contribution in [0.5, 0.6) is 0 Å². The predicted octanol–water partition coefficient (Wildman–Crippen LogP) is 1.97. The molecule has 1 rings (SSSR count). The van der Waals surface area contributed by atoms with Gasteiger partial charge in [0.25, 0.3) is 0 Å². The molecule has 82 valence electrons. The predicted molar refractivity (Wildman–Crippen MR) is 56.3 cm³/mol. The number of likely N-dealkylation sites (N-methyl/N-ethyl adjacent to an activating group) is 1. The SMILES string of the molecule is CN(CC(=O)O)C1CCCCC1(C)C. The Morgan fingerprint density at radius 2 is 2.14 bits per heavy atom. The zero-order valence-electron chi connectivity index (χ0n) is 9.42. The van der Waals surface area contributed by atoms with E-state index in [4.69, 9.17) is 5.11 Å². The summed E-state index contributed by atoms with van der Waals surface area (Å²) in [5.41, 5.74) is 0.266. The number of aliphatic carboxylic acids is 1. The molecule has 1 atom stereocenters. The fraction of sp³-hybridized carbons (Fsp3) is 0.909. The largest absolute Gasteiger partial charge is 0.480 e. The van der Waals surface area contributed by atoms with Gasteiger partial charge in [-0.15, -0.1) is 0 Å². The highest BCUT2D eigenvalue weighted by Gasteiger charge is 2.35. The Labute approximate surface area is 86.1 Å². The second-order valence-corrected chi connectivity index (χ2v) is 5.06. The summed E-state index contributed by atoms with van der Waals surface area (Å²) in [4.78, 5) is 12.6. The Bertz CT molecular complexity index is 213. The first-order valence-electron chi connectivity index (χ1n) is 5.35. The van der Waals surface area contributed by atoms with Crippen molar-refractivity contribution in [2.24, 2.45) is 5.41 Å². The molecule has 0 aromatic heterocycles. The molecule has 1 unspecified atom stereocenters. The quantitative estimate of drug-likeness (QED) is 0.755. The van der Waals surface area contributed by atoms with Crippen molar-refractivity contribution >= 4 is 5.97 Å². The lowest BCUT2D eigenvalue weighted by Crippen LogP contribution is -2.46. The molecule has 0 heterocycles. The van der Waals surface area contributed by atoms with Gasteiger partial charge in [0, 0.05) is 6.04 Å². The van der Waals surface area contributed by atoms with Crippen LogP contribution in [-0.2, 0) is 4.79 Å². The summed E-state index contributed by atoms with van der Waals surface area (Å²) in [6.07, 6.45) is 4.86. The first-order valence-corrected chi connectivity index (χ1v) is 5.35. The minimum atomic E-state index is -0.728. The summed E-state index contributed by atoms with van der Waals surface area (Å²) >= 11 is 0. The molecule has 1 fully saturated rings. The summed E-state index contributed by atoms with van der Waals surface area (Å²) in [7, 11) is 1.92. The van der Waals surface area contributed by atoms with Crippen LogP contribution in [0.2, 0.25) is 0 Å². The third-order valence-electron chi connectivity index (χ3n) is 3.37. The van der Waals surface area contributed by atoms with Crippen LogP contribution in [0.1, 0.15) is 39.5 Å². The number of carboxylic acids is 1. The molecule has 0 spiro atoms. The second-order valence-electron chi connectivity index (χ2n) is 5.06. The second kappa shape index (κ2) is 4.30. The average Bonchev–Trinajstić information content (AvgIpc) is 2.01. The molecule has 3 heteroatoms. The van der Waals surface area contributed by atoms with Gasteiger partial charge in [-0.05, 0) is 25.3 Å². The summed E-state index contributed by atoms with van der Waals surface area (Å²) in [5.74, 6) is -0.728. The molecule has 0 amide bonds. The molecular weight excluding hydrogens is 178 g/mol.